The van der Waals surface area contributed by atoms with Crippen LogP contribution in [0.15, 0.2) is 63.8 Å². The van der Waals surface area contributed by atoms with Crippen molar-refractivity contribution in [2.75, 3.05) is 10.6 Å². The Labute approximate surface area is 161 Å². The summed E-state index contributed by atoms with van der Waals surface area (Å²) in [5, 5.41) is 17.5. The maximum Gasteiger partial charge on any atom is 1.00 e. The summed E-state index contributed by atoms with van der Waals surface area (Å²) >= 11 is 0. The van der Waals surface area contributed by atoms with E-state index in [9.17, 15) is 9.90 Å². The molecule has 0 aliphatic carbocycles. The summed E-state index contributed by atoms with van der Waals surface area (Å²) < 4.78 is 10.5. The van der Waals surface area contributed by atoms with Crippen molar-refractivity contribution in [1.82, 2.24) is 0 Å². The molecule has 3 aromatic rings. The van der Waals surface area contributed by atoms with Crippen LogP contribution in [-0.2, 0) is 13.1 Å². The van der Waals surface area contributed by atoms with Crippen molar-refractivity contribution in [1.29, 1.82) is 0 Å². The van der Waals surface area contributed by atoms with Gasteiger partial charge in [-0.25, -0.2) is 0 Å². The van der Waals surface area contributed by atoms with Crippen molar-refractivity contribution >= 4 is 17.3 Å². The van der Waals surface area contributed by atoms with Crippen LogP contribution >= 0.6 is 0 Å². The molecule has 2 heterocycles. The quantitative estimate of drug-likeness (QED) is 0.564. The molecule has 0 radical (unpaired) electrons. The smallest absolute Gasteiger partial charge is 0.545 e. The topological polar surface area (TPSA) is 90.5 Å². The predicted octanol–water partition coefficient (Wildman–Crippen LogP) is -0.536. The summed E-state index contributed by atoms with van der Waals surface area (Å²) in [6, 6.07) is 12.2. The zero-order valence-electron chi connectivity index (χ0n) is 13.2. The molecule has 2 N–H and O–H groups in total. The fourth-order valence-electron chi connectivity index (χ4n) is 2.18. The Hall–Kier alpha value is -2.15. The minimum atomic E-state index is -1.23. The van der Waals surface area contributed by atoms with Gasteiger partial charge in [0.05, 0.1) is 31.6 Å². The number of carbonyl (C=O) groups is 1. The molecule has 0 aliphatic heterocycles. The van der Waals surface area contributed by atoms with Crippen LogP contribution in [0.4, 0.5) is 11.4 Å². The summed E-state index contributed by atoms with van der Waals surface area (Å²) in [7, 11) is 0. The van der Waals surface area contributed by atoms with Crippen LogP contribution in [0.1, 0.15) is 21.9 Å². The monoisotopic (exact) mass is 334 g/mol. The normalized spacial score (nSPS) is 10.0. The van der Waals surface area contributed by atoms with Gasteiger partial charge in [-0.2, -0.15) is 0 Å². The van der Waals surface area contributed by atoms with Crippen LogP contribution in [-0.4, -0.2) is 5.97 Å². The second-order valence-corrected chi connectivity index (χ2v) is 4.91. The minimum Gasteiger partial charge on any atom is -0.545 e. The third kappa shape index (κ3) is 4.67. The maximum absolute atomic E-state index is 11.2. The molecule has 1 aromatic carbocycles. The second-order valence-electron chi connectivity index (χ2n) is 4.91. The maximum atomic E-state index is 11.2. The largest absolute Gasteiger partial charge is 1.00 e. The van der Waals surface area contributed by atoms with Gasteiger partial charge in [0.25, 0.3) is 0 Å². The van der Waals surface area contributed by atoms with Gasteiger partial charge < -0.3 is 29.4 Å². The Morgan fingerprint density at radius 1 is 0.958 bits per heavy atom. The van der Waals surface area contributed by atoms with Gasteiger partial charge in [-0.15, -0.1) is 0 Å². The van der Waals surface area contributed by atoms with Crippen LogP contribution in [0.3, 0.4) is 0 Å². The van der Waals surface area contributed by atoms with E-state index in [-0.39, 0.29) is 35.1 Å². The van der Waals surface area contributed by atoms with Crippen molar-refractivity contribution in [3.8, 4) is 0 Å². The molecule has 118 valence electrons. The van der Waals surface area contributed by atoms with Gasteiger partial charge in [0.1, 0.15) is 11.5 Å². The van der Waals surface area contributed by atoms with E-state index in [1.54, 1.807) is 30.7 Å². The summed E-state index contributed by atoms with van der Waals surface area (Å²) in [5.41, 5.74) is 1.33. The van der Waals surface area contributed by atoms with E-state index in [1.165, 1.54) is 6.07 Å². The Balaban J connectivity index is 0.00000208. The number of hydrogen-bond acceptors (Lipinski definition) is 6. The molecule has 0 saturated heterocycles. The molecule has 0 fully saturated rings. The van der Waals surface area contributed by atoms with E-state index in [2.05, 4.69) is 10.6 Å². The molecule has 6 nitrogen and oxygen atoms in total. The summed E-state index contributed by atoms with van der Waals surface area (Å²) in [5.74, 6) is 0.270. The Bertz CT molecular complexity index is 770. The SMILES string of the molecule is O=C([O-])c1ccc(NCc2ccco2)cc1NCc1ccco1.[Na+]. The Morgan fingerprint density at radius 2 is 1.58 bits per heavy atom. The van der Waals surface area contributed by atoms with Crippen LogP contribution in [0.2, 0.25) is 0 Å². The van der Waals surface area contributed by atoms with Crippen molar-refractivity contribution < 1.29 is 48.3 Å². The zero-order valence-corrected chi connectivity index (χ0v) is 15.2. The Kier molecular flexibility index (Phi) is 6.54. The van der Waals surface area contributed by atoms with Gasteiger partial charge in [0, 0.05) is 16.9 Å². The molecule has 7 heteroatoms. The molecule has 0 atom stereocenters. The first kappa shape index (κ1) is 18.2. The van der Waals surface area contributed by atoms with Crippen LogP contribution < -0.4 is 45.3 Å². The molecule has 0 saturated carbocycles. The molecule has 0 amide bonds. The molecule has 24 heavy (non-hydrogen) atoms. The van der Waals surface area contributed by atoms with Crippen LogP contribution in [0.25, 0.3) is 0 Å². The second kappa shape index (κ2) is 8.63. The number of rotatable bonds is 7. The van der Waals surface area contributed by atoms with E-state index < -0.39 is 5.97 Å². The fourth-order valence-corrected chi connectivity index (χ4v) is 2.18. The standard InChI is InChI=1S/C17H16N2O4.Na/c20-17(21)15-6-5-12(18-10-13-3-1-7-22-13)9-16(15)19-11-14-4-2-8-23-14;/h1-9,18-19H,10-11H2,(H,20,21);/q;+1/p-1. The van der Waals surface area contributed by atoms with E-state index in [4.69, 9.17) is 8.83 Å². The van der Waals surface area contributed by atoms with Gasteiger partial charge in [-0.05, 0) is 42.5 Å². The first-order chi connectivity index (χ1) is 11.2. The van der Waals surface area contributed by atoms with Gasteiger partial charge in [0.2, 0.25) is 0 Å². The molecule has 2 aromatic heterocycles. The molecular formula is C17H15N2NaO4. The first-order valence-corrected chi connectivity index (χ1v) is 7.10. The molecule has 0 unspecified atom stereocenters. The number of carbonyl (C=O) groups excluding carboxylic acids is 1. The van der Waals surface area contributed by atoms with Crippen molar-refractivity contribution in [3.05, 3.63) is 72.1 Å². The summed E-state index contributed by atoms with van der Waals surface area (Å²) in [6.45, 7) is 0.893. The Morgan fingerprint density at radius 3 is 2.12 bits per heavy atom. The number of aromatic carboxylic acids is 1. The molecular weight excluding hydrogens is 319 g/mol. The first-order valence-electron chi connectivity index (χ1n) is 7.10. The average Bonchev–Trinajstić information content (AvgIpc) is 3.24. The number of hydrogen-bond donors (Lipinski definition) is 2. The fraction of sp³-hybridized carbons (Fsp3) is 0.118. The van der Waals surface area contributed by atoms with E-state index >= 15 is 0 Å². The summed E-state index contributed by atoms with van der Waals surface area (Å²) in [6.07, 6.45) is 3.17. The zero-order chi connectivity index (χ0) is 16.1. The van der Waals surface area contributed by atoms with Gasteiger partial charge in [0.15, 0.2) is 0 Å². The average molecular weight is 334 g/mol. The third-order valence-corrected chi connectivity index (χ3v) is 3.32. The van der Waals surface area contributed by atoms with Crippen molar-refractivity contribution in [2.45, 2.75) is 13.1 Å². The number of furan rings is 2. The number of carboxylic acid groups (broad SMARTS) is 1. The molecule has 0 aliphatic rings. The molecule has 3 rings (SSSR count). The number of anilines is 2. The number of carboxylic acids is 1. The van der Waals surface area contributed by atoms with Gasteiger partial charge in [-0.3, -0.25) is 0 Å². The van der Waals surface area contributed by atoms with E-state index in [0.29, 0.717) is 24.5 Å². The number of benzene rings is 1. The number of nitrogens with one attached hydrogen (secondary N) is 2. The van der Waals surface area contributed by atoms with Crippen molar-refractivity contribution in [3.63, 3.8) is 0 Å². The van der Waals surface area contributed by atoms with Crippen LogP contribution in [0.5, 0.6) is 0 Å². The third-order valence-electron chi connectivity index (χ3n) is 3.32. The van der Waals surface area contributed by atoms with E-state index in [1.807, 2.05) is 18.2 Å². The minimum absolute atomic E-state index is 0. The van der Waals surface area contributed by atoms with Gasteiger partial charge >= 0.3 is 29.6 Å². The molecule has 0 spiro atoms. The van der Waals surface area contributed by atoms with Gasteiger partial charge in [-0.1, -0.05) is 0 Å². The van der Waals surface area contributed by atoms with Crippen LogP contribution in [0, 0.1) is 0 Å². The van der Waals surface area contributed by atoms with E-state index in [0.717, 1.165) is 11.4 Å². The van der Waals surface area contributed by atoms with Crippen molar-refractivity contribution in [2.24, 2.45) is 0 Å². The molecule has 0 bridgehead atoms. The predicted molar refractivity (Wildman–Crippen MR) is 82.8 cm³/mol. The summed E-state index contributed by atoms with van der Waals surface area (Å²) in [4.78, 5) is 11.2.